The molecule has 0 bridgehead atoms. The number of hydrogen-bond acceptors (Lipinski definition) is 2. The summed E-state index contributed by atoms with van der Waals surface area (Å²) < 4.78 is 6.69. The molecular weight excluding hydrogens is 439 g/mol. The molecule has 25 heavy (non-hydrogen) atoms. The summed E-state index contributed by atoms with van der Waals surface area (Å²) in [6.07, 6.45) is 13.8. The molecule has 3 heteroatoms. The minimum absolute atomic E-state index is 0.905. The van der Waals surface area contributed by atoms with Gasteiger partial charge in [0.15, 0.2) is 0 Å². The van der Waals surface area contributed by atoms with Crippen molar-refractivity contribution < 1.29 is 4.74 Å². The Balaban J connectivity index is 1.99. The van der Waals surface area contributed by atoms with Crippen molar-refractivity contribution in [2.75, 3.05) is 7.11 Å². The van der Waals surface area contributed by atoms with Crippen LogP contribution in [0.15, 0.2) is 24.3 Å². The first-order valence-corrected chi connectivity index (χ1v) is 11.1. The maximum absolute atomic E-state index is 5.23. The molecule has 1 aromatic carbocycles. The molecule has 136 valence electrons. The van der Waals surface area contributed by atoms with Gasteiger partial charge in [-0.1, -0.05) is 57.2 Å². The number of benzene rings is 1. The fourth-order valence-corrected chi connectivity index (χ4v) is 5.01. The highest BCUT2D eigenvalue weighted by Gasteiger charge is 2.11. The molecule has 0 aliphatic carbocycles. The van der Waals surface area contributed by atoms with Gasteiger partial charge in [-0.25, -0.2) is 0 Å². The largest absolute Gasteiger partial charge is 0.497 e. The van der Waals surface area contributed by atoms with E-state index in [0.717, 1.165) is 5.75 Å². The maximum atomic E-state index is 5.23. The van der Waals surface area contributed by atoms with Crippen molar-refractivity contribution in [2.45, 2.75) is 58.8 Å². The van der Waals surface area contributed by atoms with E-state index in [4.69, 9.17) is 4.74 Å². The second-order valence-corrected chi connectivity index (χ2v) is 8.77. The first-order valence-electron chi connectivity index (χ1n) is 9.25. The lowest BCUT2D eigenvalue weighted by molar-refractivity contribution is 0.415. The van der Waals surface area contributed by atoms with Crippen molar-refractivity contribution in [3.05, 3.63) is 48.7 Å². The first-order chi connectivity index (χ1) is 12.2. The van der Waals surface area contributed by atoms with Crippen LogP contribution >= 0.6 is 33.9 Å². The lowest BCUT2D eigenvalue weighted by atomic mass is 10.0. The average Bonchev–Trinajstić information content (AvgIpc) is 2.90. The molecule has 0 amide bonds. The minimum atomic E-state index is 0.905. The lowest BCUT2D eigenvalue weighted by Crippen LogP contribution is -1.90. The number of hydrogen-bond donors (Lipinski definition) is 0. The van der Waals surface area contributed by atoms with Crippen molar-refractivity contribution in [1.29, 1.82) is 0 Å². The fraction of sp³-hybridized carbons (Fsp3) is 0.455. The Kier molecular flexibility index (Phi) is 9.04. The van der Waals surface area contributed by atoms with Gasteiger partial charge >= 0.3 is 0 Å². The summed E-state index contributed by atoms with van der Waals surface area (Å²) in [5.74, 6) is 0.905. The molecule has 0 saturated carbocycles. The zero-order valence-electron chi connectivity index (χ0n) is 15.6. The maximum Gasteiger partial charge on any atom is 0.118 e. The molecule has 2 aromatic rings. The van der Waals surface area contributed by atoms with E-state index in [9.17, 15) is 0 Å². The van der Waals surface area contributed by atoms with Gasteiger partial charge in [-0.05, 0) is 71.7 Å². The van der Waals surface area contributed by atoms with Crippen molar-refractivity contribution in [2.24, 2.45) is 0 Å². The van der Waals surface area contributed by atoms with Crippen molar-refractivity contribution in [1.82, 2.24) is 0 Å². The summed E-state index contributed by atoms with van der Waals surface area (Å²) in [5.41, 5.74) is 2.76. The van der Waals surface area contributed by atoms with E-state index >= 15 is 0 Å². The number of thiophene rings is 1. The molecular formula is C22H29IOS. The highest BCUT2D eigenvalue weighted by molar-refractivity contribution is 14.1. The average molecular weight is 468 g/mol. The zero-order chi connectivity index (χ0) is 18.1. The van der Waals surface area contributed by atoms with E-state index in [0.29, 0.717) is 0 Å². The van der Waals surface area contributed by atoms with Gasteiger partial charge in [-0.2, -0.15) is 0 Å². The van der Waals surface area contributed by atoms with Crippen LogP contribution in [-0.4, -0.2) is 7.11 Å². The van der Waals surface area contributed by atoms with Crippen molar-refractivity contribution >= 4 is 46.1 Å². The fourth-order valence-electron chi connectivity index (χ4n) is 2.93. The summed E-state index contributed by atoms with van der Waals surface area (Å²) in [6, 6.07) is 8.24. The van der Waals surface area contributed by atoms with E-state index in [-0.39, 0.29) is 0 Å². The number of ether oxygens (including phenoxy) is 1. The number of unbranched alkanes of at least 4 members (excludes halogenated alkanes) is 5. The van der Waals surface area contributed by atoms with Crippen LogP contribution in [0.25, 0.3) is 12.2 Å². The van der Waals surface area contributed by atoms with Crippen LogP contribution < -0.4 is 4.74 Å². The Morgan fingerprint density at radius 2 is 1.68 bits per heavy atom. The molecule has 0 unspecified atom stereocenters. The van der Waals surface area contributed by atoms with Crippen LogP contribution in [-0.2, 0) is 6.42 Å². The SMILES string of the molecule is CCCCCCCCc1c(C=Cc2ccc(OC)cc2)sc(C)c1I. The highest BCUT2D eigenvalue weighted by atomic mass is 127. The first kappa shape index (κ1) is 20.5. The summed E-state index contributed by atoms with van der Waals surface area (Å²) in [6.45, 7) is 4.51. The van der Waals surface area contributed by atoms with Gasteiger partial charge in [0.05, 0.1) is 7.11 Å². The number of methoxy groups -OCH3 is 1. The Hall–Kier alpha value is -0.810. The molecule has 0 N–H and O–H groups in total. The number of rotatable bonds is 10. The molecule has 0 aliphatic rings. The van der Waals surface area contributed by atoms with Gasteiger partial charge in [-0.15, -0.1) is 11.3 Å². The zero-order valence-corrected chi connectivity index (χ0v) is 18.6. The Labute approximate surface area is 170 Å². The van der Waals surface area contributed by atoms with Gasteiger partial charge in [0, 0.05) is 13.3 Å². The topological polar surface area (TPSA) is 9.23 Å². The second kappa shape index (κ2) is 11.0. The van der Waals surface area contributed by atoms with Crippen molar-refractivity contribution in [3.8, 4) is 5.75 Å². The highest BCUT2D eigenvalue weighted by Crippen LogP contribution is 2.32. The predicted molar refractivity (Wildman–Crippen MR) is 121 cm³/mol. The molecule has 0 fully saturated rings. The van der Waals surface area contributed by atoms with E-state index < -0.39 is 0 Å². The van der Waals surface area contributed by atoms with Gasteiger partial charge in [0.2, 0.25) is 0 Å². The third kappa shape index (κ3) is 6.45. The molecule has 1 nitrogen and oxygen atoms in total. The number of aryl methyl sites for hydroxylation is 1. The van der Waals surface area contributed by atoms with E-state index in [2.05, 4.69) is 60.7 Å². The monoisotopic (exact) mass is 468 g/mol. The molecule has 0 saturated heterocycles. The quantitative estimate of drug-likeness (QED) is 0.256. The summed E-state index contributed by atoms with van der Waals surface area (Å²) >= 11 is 4.44. The third-order valence-electron chi connectivity index (χ3n) is 4.46. The molecule has 1 heterocycles. The molecule has 1 aromatic heterocycles. The van der Waals surface area contributed by atoms with E-state index in [1.165, 1.54) is 63.8 Å². The standard InChI is InChI=1S/C22H29IOS/c1-4-5-6-7-8-9-10-20-21(25-17(2)22(20)23)16-13-18-11-14-19(24-3)15-12-18/h11-16H,4-10H2,1-3H3. The molecule has 0 aliphatic heterocycles. The smallest absolute Gasteiger partial charge is 0.118 e. The lowest BCUT2D eigenvalue weighted by Gasteiger charge is -2.03. The van der Waals surface area contributed by atoms with Crippen LogP contribution in [0.5, 0.6) is 5.75 Å². The van der Waals surface area contributed by atoms with E-state index in [1.54, 1.807) is 12.7 Å². The minimum Gasteiger partial charge on any atom is -0.497 e. The van der Waals surface area contributed by atoms with Crippen LogP contribution in [0, 0.1) is 10.5 Å². The molecule has 0 spiro atoms. The Morgan fingerprint density at radius 1 is 1.00 bits per heavy atom. The van der Waals surface area contributed by atoms with Crippen LogP contribution in [0.1, 0.15) is 66.3 Å². The second-order valence-electron chi connectivity index (χ2n) is 6.44. The number of halogens is 1. The summed E-state index contributed by atoms with van der Waals surface area (Å²) in [7, 11) is 1.70. The van der Waals surface area contributed by atoms with E-state index in [1.807, 2.05) is 23.5 Å². The molecule has 0 radical (unpaired) electrons. The van der Waals surface area contributed by atoms with Gasteiger partial charge < -0.3 is 4.74 Å². The van der Waals surface area contributed by atoms with Crippen LogP contribution in [0.3, 0.4) is 0 Å². The van der Waals surface area contributed by atoms with Crippen molar-refractivity contribution in [3.63, 3.8) is 0 Å². The predicted octanol–water partition coefficient (Wildman–Crippen LogP) is 7.74. The summed E-state index contributed by atoms with van der Waals surface area (Å²) in [4.78, 5) is 2.86. The Bertz CT molecular complexity index is 670. The van der Waals surface area contributed by atoms with Gasteiger partial charge in [-0.3, -0.25) is 0 Å². The summed E-state index contributed by atoms with van der Waals surface area (Å²) in [5, 5.41) is 0. The Morgan fingerprint density at radius 3 is 2.36 bits per heavy atom. The van der Waals surface area contributed by atoms with Crippen LogP contribution in [0.2, 0.25) is 0 Å². The molecule has 0 atom stereocenters. The normalized spacial score (nSPS) is 11.4. The molecule has 2 rings (SSSR count). The van der Waals surface area contributed by atoms with Gasteiger partial charge in [0.1, 0.15) is 5.75 Å². The third-order valence-corrected chi connectivity index (χ3v) is 7.40. The van der Waals surface area contributed by atoms with Crippen LogP contribution in [0.4, 0.5) is 0 Å². The van der Waals surface area contributed by atoms with Gasteiger partial charge in [0.25, 0.3) is 0 Å².